The van der Waals surface area contributed by atoms with Crippen LogP contribution in [0.15, 0.2) is 52.3 Å². The molecule has 2 aromatic rings. The van der Waals surface area contributed by atoms with E-state index >= 15 is 0 Å². The van der Waals surface area contributed by atoms with Crippen molar-refractivity contribution in [2.24, 2.45) is 0 Å². The van der Waals surface area contributed by atoms with Crippen LogP contribution in [0.2, 0.25) is 0 Å². The lowest BCUT2D eigenvalue weighted by Crippen LogP contribution is -2.30. The molecule has 0 N–H and O–H groups in total. The van der Waals surface area contributed by atoms with E-state index < -0.39 is 0 Å². The van der Waals surface area contributed by atoms with E-state index in [9.17, 15) is 0 Å². The molecule has 0 aliphatic carbocycles. The second-order valence-electron chi connectivity index (χ2n) is 5.64. The Labute approximate surface area is 131 Å². The Morgan fingerprint density at radius 1 is 1.00 bits per heavy atom. The minimum Gasteiger partial charge on any atom is -0.338 e. The average molecular weight is 298 g/mol. The number of nitrogens with zero attached hydrogens (tertiary/aromatic N) is 2. The topological polar surface area (TPSA) is 6.48 Å². The number of fused-ring (bicyclic) bond motifs is 2. The van der Waals surface area contributed by atoms with Gasteiger partial charge in [0.2, 0.25) is 0 Å². The van der Waals surface area contributed by atoms with E-state index in [0.29, 0.717) is 0 Å². The van der Waals surface area contributed by atoms with E-state index in [1.54, 1.807) is 0 Å². The van der Waals surface area contributed by atoms with Crippen LogP contribution in [-0.2, 0) is 6.42 Å². The van der Waals surface area contributed by atoms with E-state index in [1.807, 2.05) is 11.8 Å². The van der Waals surface area contributed by atoms with Gasteiger partial charge in [-0.15, -0.1) is 0 Å². The maximum absolute atomic E-state index is 2.50. The van der Waals surface area contributed by atoms with Gasteiger partial charge < -0.3 is 9.80 Å². The average Bonchev–Trinajstić information content (AvgIpc) is 2.50. The van der Waals surface area contributed by atoms with Gasteiger partial charge in [0, 0.05) is 22.9 Å². The monoisotopic (exact) mass is 298 g/mol. The number of para-hydroxylation sites is 2. The zero-order valence-electron chi connectivity index (χ0n) is 13.0. The van der Waals surface area contributed by atoms with Crippen molar-refractivity contribution in [2.45, 2.75) is 23.1 Å². The highest BCUT2D eigenvalue weighted by Gasteiger charge is 2.24. The van der Waals surface area contributed by atoms with Gasteiger partial charge in [0.05, 0.1) is 11.4 Å². The summed E-state index contributed by atoms with van der Waals surface area (Å²) in [5.74, 6) is 0. The predicted octanol–water partition coefficient (Wildman–Crippen LogP) is 4.41. The van der Waals surface area contributed by atoms with Crippen molar-refractivity contribution in [3.8, 4) is 0 Å². The van der Waals surface area contributed by atoms with Gasteiger partial charge >= 0.3 is 0 Å². The molecular formula is C18H22N2S. The molecule has 110 valence electrons. The summed E-state index contributed by atoms with van der Waals surface area (Å²) >= 11 is 1.89. The normalized spacial score (nSPS) is 13.2. The number of aryl methyl sites for hydroxylation is 1. The van der Waals surface area contributed by atoms with Gasteiger partial charge in [-0.3, -0.25) is 0 Å². The second-order valence-corrected chi connectivity index (χ2v) is 6.73. The Morgan fingerprint density at radius 3 is 2.52 bits per heavy atom. The van der Waals surface area contributed by atoms with Gasteiger partial charge in [0.1, 0.15) is 0 Å². The van der Waals surface area contributed by atoms with Crippen LogP contribution in [0.4, 0.5) is 11.4 Å². The van der Waals surface area contributed by atoms with E-state index in [4.69, 9.17) is 0 Å². The minimum atomic E-state index is 1.02. The van der Waals surface area contributed by atoms with Crippen molar-refractivity contribution in [1.82, 2.24) is 4.90 Å². The SMILES string of the molecule is CCc1cccc2c1N(CCN(C)C)c1ccccc1S2. The molecule has 0 radical (unpaired) electrons. The molecule has 0 aromatic heterocycles. The van der Waals surface area contributed by atoms with E-state index in [-0.39, 0.29) is 0 Å². The van der Waals surface area contributed by atoms with Crippen molar-refractivity contribution in [2.75, 3.05) is 32.1 Å². The molecule has 21 heavy (non-hydrogen) atoms. The predicted molar refractivity (Wildman–Crippen MR) is 91.9 cm³/mol. The summed E-state index contributed by atoms with van der Waals surface area (Å²) in [6.45, 7) is 4.32. The molecule has 0 unspecified atom stereocenters. The Hall–Kier alpha value is -1.45. The van der Waals surface area contributed by atoms with Crippen molar-refractivity contribution >= 4 is 23.1 Å². The quantitative estimate of drug-likeness (QED) is 0.825. The maximum Gasteiger partial charge on any atom is 0.0585 e. The molecule has 0 amide bonds. The number of hydrogen-bond donors (Lipinski definition) is 0. The van der Waals surface area contributed by atoms with Crippen LogP contribution in [0.1, 0.15) is 12.5 Å². The number of anilines is 2. The molecule has 2 aromatic carbocycles. The molecule has 0 saturated heterocycles. The van der Waals surface area contributed by atoms with Gasteiger partial charge in [0.25, 0.3) is 0 Å². The lowest BCUT2D eigenvalue weighted by atomic mass is 10.1. The standard InChI is InChI=1S/C18H22N2S/c1-4-14-8-7-11-17-18(14)20(13-12-19(2)3)15-9-5-6-10-16(15)21-17/h5-11H,4,12-13H2,1-3H3. The first-order chi connectivity index (χ1) is 10.2. The Morgan fingerprint density at radius 2 is 1.76 bits per heavy atom. The summed E-state index contributed by atoms with van der Waals surface area (Å²) in [6, 6.07) is 15.4. The van der Waals surface area contributed by atoms with Crippen LogP contribution in [0.5, 0.6) is 0 Å². The largest absolute Gasteiger partial charge is 0.338 e. The lowest BCUT2D eigenvalue weighted by Gasteiger charge is -2.35. The number of hydrogen-bond acceptors (Lipinski definition) is 3. The summed E-state index contributed by atoms with van der Waals surface area (Å²) in [5, 5.41) is 0. The van der Waals surface area contributed by atoms with Gasteiger partial charge in [-0.2, -0.15) is 0 Å². The number of rotatable bonds is 4. The summed E-state index contributed by atoms with van der Waals surface area (Å²) in [7, 11) is 4.27. The summed E-state index contributed by atoms with van der Waals surface area (Å²) < 4.78 is 0. The summed E-state index contributed by atoms with van der Waals surface area (Å²) in [5.41, 5.74) is 4.19. The second kappa shape index (κ2) is 6.12. The van der Waals surface area contributed by atoms with Crippen LogP contribution in [0.25, 0.3) is 0 Å². The van der Waals surface area contributed by atoms with Crippen LogP contribution in [0.3, 0.4) is 0 Å². The summed E-state index contributed by atoms with van der Waals surface area (Å²) in [6.07, 6.45) is 1.07. The van der Waals surface area contributed by atoms with Crippen molar-refractivity contribution in [1.29, 1.82) is 0 Å². The van der Waals surface area contributed by atoms with Gasteiger partial charge in [-0.05, 0) is 44.3 Å². The molecular weight excluding hydrogens is 276 g/mol. The van der Waals surface area contributed by atoms with Crippen molar-refractivity contribution in [3.05, 3.63) is 48.0 Å². The lowest BCUT2D eigenvalue weighted by molar-refractivity contribution is 0.418. The third-order valence-electron chi connectivity index (χ3n) is 3.88. The number of benzene rings is 2. The number of likely N-dealkylation sites (N-methyl/N-ethyl adjacent to an activating group) is 1. The fourth-order valence-corrected chi connectivity index (χ4v) is 3.93. The molecule has 1 aliphatic rings. The zero-order valence-corrected chi connectivity index (χ0v) is 13.8. The Balaban J connectivity index is 2.08. The van der Waals surface area contributed by atoms with Crippen LogP contribution in [-0.4, -0.2) is 32.1 Å². The first-order valence-electron chi connectivity index (χ1n) is 7.51. The first kappa shape index (κ1) is 14.5. The first-order valence-corrected chi connectivity index (χ1v) is 8.33. The Bertz CT molecular complexity index is 637. The van der Waals surface area contributed by atoms with Crippen molar-refractivity contribution in [3.63, 3.8) is 0 Å². The molecule has 0 fully saturated rings. The summed E-state index contributed by atoms with van der Waals surface area (Å²) in [4.78, 5) is 7.49. The molecule has 1 aliphatic heterocycles. The molecule has 0 saturated carbocycles. The van der Waals surface area contributed by atoms with E-state index in [1.165, 1.54) is 26.7 Å². The zero-order chi connectivity index (χ0) is 14.8. The van der Waals surface area contributed by atoms with Crippen molar-refractivity contribution < 1.29 is 0 Å². The smallest absolute Gasteiger partial charge is 0.0585 e. The Kier molecular flexibility index (Phi) is 4.22. The highest BCUT2D eigenvalue weighted by Crippen LogP contribution is 2.49. The third kappa shape index (κ3) is 2.81. The van der Waals surface area contributed by atoms with E-state index in [0.717, 1.165) is 19.5 Å². The third-order valence-corrected chi connectivity index (χ3v) is 4.99. The highest BCUT2D eigenvalue weighted by atomic mass is 32.2. The van der Waals surface area contributed by atoms with Gasteiger partial charge in [0.15, 0.2) is 0 Å². The van der Waals surface area contributed by atoms with Gasteiger partial charge in [-0.25, -0.2) is 0 Å². The minimum absolute atomic E-state index is 1.02. The molecule has 2 nitrogen and oxygen atoms in total. The molecule has 3 heteroatoms. The van der Waals surface area contributed by atoms with Crippen LogP contribution < -0.4 is 4.90 Å². The highest BCUT2D eigenvalue weighted by molar-refractivity contribution is 7.99. The fraction of sp³-hybridized carbons (Fsp3) is 0.333. The van der Waals surface area contributed by atoms with Crippen LogP contribution in [0, 0.1) is 0 Å². The maximum atomic E-state index is 2.50. The molecule has 0 atom stereocenters. The molecule has 0 spiro atoms. The van der Waals surface area contributed by atoms with Gasteiger partial charge in [-0.1, -0.05) is 43.0 Å². The molecule has 0 bridgehead atoms. The van der Waals surface area contributed by atoms with E-state index in [2.05, 4.69) is 73.3 Å². The fourth-order valence-electron chi connectivity index (χ4n) is 2.78. The molecule has 3 rings (SSSR count). The van der Waals surface area contributed by atoms with Crippen LogP contribution >= 0.6 is 11.8 Å². The molecule has 1 heterocycles.